The van der Waals surface area contributed by atoms with Gasteiger partial charge in [-0.1, -0.05) is 33.1 Å². The molecule has 1 saturated carbocycles. The Labute approximate surface area is 107 Å². The van der Waals surface area contributed by atoms with Crippen molar-refractivity contribution in [2.45, 2.75) is 64.5 Å². The van der Waals surface area contributed by atoms with E-state index in [1.54, 1.807) is 0 Å². The van der Waals surface area contributed by atoms with Crippen LogP contribution in [-0.2, 0) is 0 Å². The third kappa shape index (κ3) is 3.96. The Bertz CT molecular complexity index is 221. The fourth-order valence-electron chi connectivity index (χ4n) is 3.57. The van der Waals surface area contributed by atoms with Crippen LogP contribution in [0.2, 0.25) is 0 Å². The van der Waals surface area contributed by atoms with E-state index in [9.17, 15) is 0 Å². The highest BCUT2D eigenvalue weighted by Crippen LogP contribution is 2.25. The van der Waals surface area contributed by atoms with E-state index in [-0.39, 0.29) is 0 Å². The van der Waals surface area contributed by atoms with Gasteiger partial charge in [-0.15, -0.1) is 0 Å². The molecule has 2 unspecified atom stereocenters. The molecule has 100 valence electrons. The lowest BCUT2D eigenvalue weighted by Crippen LogP contribution is -2.51. The van der Waals surface area contributed by atoms with Crippen molar-refractivity contribution in [2.24, 2.45) is 11.8 Å². The van der Waals surface area contributed by atoms with Crippen LogP contribution in [0.3, 0.4) is 0 Å². The lowest BCUT2D eigenvalue weighted by molar-refractivity contribution is 0.129. The number of nitrogens with zero attached hydrogens (tertiary/aromatic N) is 1. The Kier molecular flexibility index (Phi) is 4.87. The first-order chi connectivity index (χ1) is 8.15. The van der Waals surface area contributed by atoms with E-state index >= 15 is 0 Å². The molecule has 2 fully saturated rings. The fourth-order valence-corrected chi connectivity index (χ4v) is 3.57. The summed E-state index contributed by atoms with van der Waals surface area (Å²) in [7, 11) is 2.28. The first-order valence-corrected chi connectivity index (χ1v) is 7.59. The quantitative estimate of drug-likeness (QED) is 0.813. The van der Waals surface area contributed by atoms with Gasteiger partial charge in [0.2, 0.25) is 0 Å². The molecule has 0 radical (unpaired) electrons. The number of hydrogen-bond donors (Lipinski definition) is 1. The minimum absolute atomic E-state index is 0.740. The Hall–Kier alpha value is -0.0800. The van der Waals surface area contributed by atoms with Crippen molar-refractivity contribution in [3.8, 4) is 0 Å². The summed E-state index contributed by atoms with van der Waals surface area (Å²) in [4.78, 5) is 2.52. The number of hydrogen-bond acceptors (Lipinski definition) is 2. The van der Waals surface area contributed by atoms with Gasteiger partial charge >= 0.3 is 0 Å². The zero-order valence-electron chi connectivity index (χ0n) is 11.9. The first-order valence-electron chi connectivity index (χ1n) is 7.59. The Morgan fingerprint density at radius 3 is 2.35 bits per heavy atom. The maximum atomic E-state index is 3.93. The molecule has 1 aliphatic carbocycles. The molecule has 1 N–H and O–H groups in total. The number of likely N-dealkylation sites (N-methyl/N-ethyl adjacent to an activating group) is 1. The highest BCUT2D eigenvalue weighted by atomic mass is 15.1. The molecule has 0 spiro atoms. The van der Waals surface area contributed by atoms with Crippen molar-refractivity contribution in [3.05, 3.63) is 0 Å². The highest BCUT2D eigenvalue weighted by Gasteiger charge is 2.28. The third-order valence-corrected chi connectivity index (χ3v) is 4.68. The highest BCUT2D eigenvalue weighted by molar-refractivity contribution is 4.86. The van der Waals surface area contributed by atoms with Gasteiger partial charge in [-0.25, -0.2) is 0 Å². The molecule has 0 bridgehead atoms. The minimum Gasteiger partial charge on any atom is -0.310 e. The molecule has 1 aliphatic heterocycles. The first kappa shape index (κ1) is 13.4. The molecular weight excluding hydrogens is 208 g/mol. The molecule has 0 aromatic rings. The molecule has 2 heteroatoms. The lowest BCUT2D eigenvalue weighted by atomic mass is 9.85. The molecule has 2 aliphatic rings. The van der Waals surface area contributed by atoms with Crippen molar-refractivity contribution in [2.75, 3.05) is 20.1 Å². The van der Waals surface area contributed by atoms with E-state index < -0.39 is 0 Å². The molecule has 1 saturated heterocycles. The molecule has 0 aromatic carbocycles. The molecule has 2 rings (SSSR count). The summed E-state index contributed by atoms with van der Waals surface area (Å²) in [6.07, 6.45) is 8.54. The van der Waals surface area contributed by atoms with Gasteiger partial charge in [-0.05, 0) is 38.1 Å². The SMILES string of the molecule is CC(C)C1CC(NC2CCCCC2)CN(C)C1. The summed E-state index contributed by atoms with van der Waals surface area (Å²) >= 11 is 0. The molecule has 0 amide bonds. The second kappa shape index (κ2) is 6.19. The predicted molar refractivity (Wildman–Crippen MR) is 74.2 cm³/mol. The summed E-state index contributed by atoms with van der Waals surface area (Å²) in [6.45, 7) is 7.29. The topological polar surface area (TPSA) is 15.3 Å². The van der Waals surface area contributed by atoms with Crippen molar-refractivity contribution in [1.82, 2.24) is 10.2 Å². The summed E-state index contributed by atoms with van der Waals surface area (Å²) in [5, 5.41) is 3.93. The van der Waals surface area contributed by atoms with Crippen LogP contribution in [0.4, 0.5) is 0 Å². The minimum atomic E-state index is 0.740. The summed E-state index contributed by atoms with van der Waals surface area (Å²) in [5.41, 5.74) is 0. The standard InChI is InChI=1S/C15H30N2/c1-12(2)13-9-15(11-17(3)10-13)16-14-7-5-4-6-8-14/h12-16H,4-11H2,1-3H3. The van der Waals surface area contributed by atoms with Gasteiger partial charge in [0.05, 0.1) is 0 Å². The maximum Gasteiger partial charge on any atom is 0.0200 e. The number of piperidine rings is 1. The van der Waals surface area contributed by atoms with E-state index in [0.29, 0.717) is 0 Å². The predicted octanol–water partition coefficient (Wildman–Crippen LogP) is 2.89. The third-order valence-electron chi connectivity index (χ3n) is 4.68. The van der Waals surface area contributed by atoms with Crippen LogP contribution in [0.5, 0.6) is 0 Å². The average Bonchev–Trinajstić information content (AvgIpc) is 2.29. The van der Waals surface area contributed by atoms with Crippen LogP contribution >= 0.6 is 0 Å². The largest absolute Gasteiger partial charge is 0.310 e. The van der Waals surface area contributed by atoms with Gasteiger partial charge in [-0.2, -0.15) is 0 Å². The van der Waals surface area contributed by atoms with E-state index in [4.69, 9.17) is 0 Å². The second-order valence-electron chi connectivity index (χ2n) is 6.66. The van der Waals surface area contributed by atoms with Gasteiger partial charge in [0.25, 0.3) is 0 Å². The fraction of sp³-hybridized carbons (Fsp3) is 1.00. The Balaban J connectivity index is 1.82. The van der Waals surface area contributed by atoms with Crippen LogP contribution in [0.1, 0.15) is 52.4 Å². The monoisotopic (exact) mass is 238 g/mol. The van der Waals surface area contributed by atoms with E-state index in [0.717, 1.165) is 23.9 Å². The van der Waals surface area contributed by atoms with Gasteiger partial charge in [0, 0.05) is 25.2 Å². The molecule has 1 heterocycles. The summed E-state index contributed by atoms with van der Waals surface area (Å²) in [6, 6.07) is 1.55. The molecule has 2 atom stereocenters. The number of likely N-dealkylation sites (tertiary alicyclic amines) is 1. The van der Waals surface area contributed by atoms with Gasteiger partial charge in [-0.3, -0.25) is 0 Å². The zero-order chi connectivity index (χ0) is 12.3. The Morgan fingerprint density at radius 2 is 1.71 bits per heavy atom. The Morgan fingerprint density at radius 1 is 1.00 bits per heavy atom. The summed E-state index contributed by atoms with van der Waals surface area (Å²) in [5.74, 6) is 1.71. The van der Waals surface area contributed by atoms with Crippen molar-refractivity contribution in [3.63, 3.8) is 0 Å². The van der Waals surface area contributed by atoms with Gasteiger partial charge < -0.3 is 10.2 Å². The number of nitrogens with one attached hydrogen (secondary N) is 1. The van der Waals surface area contributed by atoms with Gasteiger partial charge in [0.1, 0.15) is 0 Å². The van der Waals surface area contributed by atoms with E-state index in [1.807, 2.05) is 0 Å². The van der Waals surface area contributed by atoms with Crippen LogP contribution in [0.25, 0.3) is 0 Å². The normalized spacial score (nSPS) is 33.2. The number of rotatable bonds is 3. The smallest absolute Gasteiger partial charge is 0.0200 e. The van der Waals surface area contributed by atoms with Crippen LogP contribution in [0, 0.1) is 11.8 Å². The van der Waals surface area contributed by atoms with Crippen LogP contribution in [-0.4, -0.2) is 37.1 Å². The van der Waals surface area contributed by atoms with Crippen molar-refractivity contribution < 1.29 is 0 Å². The zero-order valence-corrected chi connectivity index (χ0v) is 11.9. The summed E-state index contributed by atoms with van der Waals surface area (Å²) < 4.78 is 0. The van der Waals surface area contributed by atoms with Crippen LogP contribution in [0.15, 0.2) is 0 Å². The molecule has 2 nitrogen and oxygen atoms in total. The van der Waals surface area contributed by atoms with Crippen molar-refractivity contribution in [1.29, 1.82) is 0 Å². The van der Waals surface area contributed by atoms with E-state index in [1.165, 1.54) is 51.6 Å². The molecule has 17 heavy (non-hydrogen) atoms. The average molecular weight is 238 g/mol. The maximum absolute atomic E-state index is 3.93. The van der Waals surface area contributed by atoms with Gasteiger partial charge in [0.15, 0.2) is 0 Å². The van der Waals surface area contributed by atoms with E-state index in [2.05, 4.69) is 31.1 Å². The van der Waals surface area contributed by atoms with Crippen molar-refractivity contribution >= 4 is 0 Å². The van der Waals surface area contributed by atoms with Crippen LogP contribution < -0.4 is 5.32 Å². The second-order valence-corrected chi connectivity index (χ2v) is 6.66. The molecular formula is C15H30N2. The lowest BCUT2D eigenvalue weighted by Gasteiger charge is -2.40. The molecule has 0 aromatic heterocycles.